The average molecular weight is 420 g/mol. The van der Waals surface area contributed by atoms with Crippen LogP contribution in [0.15, 0.2) is 47.1 Å². The predicted octanol–water partition coefficient (Wildman–Crippen LogP) is 4.10. The predicted molar refractivity (Wildman–Crippen MR) is 120 cm³/mol. The van der Waals surface area contributed by atoms with Crippen molar-refractivity contribution < 1.29 is 9.32 Å². The molecular weight excluding hydrogens is 390 g/mol. The number of carbonyl (C=O) groups excluding carboxylic acids is 1. The fraction of sp³-hybridized carbons (Fsp3) is 0.417. The summed E-state index contributed by atoms with van der Waals surface area (Å²) in [5.41, 5.74) is 2.92. The SMILES string of the molecule is Cc1ccc(-c2noc(-c3cccnc3N3CCC(C(=O)NCC(C)C)CC3)n2)cc1. The molecule has 1 fully saturated rings. The van der Waals surface area contributed by atoms with Crippen molar-refractivity contribution in [3.63, 3.8) is 0 Å². The summed E-state index contributed by atoms with van der Waals surface area (Å²) in [7, 11) is 0. The van der Waals surface area contributed by atoms with Crippen LogP contribution in [0.5, 0.6) is 0 Å². The first kappa shape index (κ1) is 21.0. The van der Waals surface area contributed by atoms with Crippen LogP contribution in [0.2, 0.25) is 0 Å². The normalized spacial score (nSPS) is 14.8. The van der Waals surface area contributed by atoms with Gasteiger partial charge in [0.15, 0.2) is 0 Å². The maximum Gasteiger partial charge on any atom is 0.261 e. The van der Waals surface area contributed by atoms with E-state index in [2.05, 4.69) is 39.2 Å². The molecule has 3 aromatic rings. The minimum absolute atomic E-state index is 0.0544. The number of benzene rings is 1. The third kappa shape index (κ3) is 4.93. The lowest BCUT2D eigenvalue weighted by molar-refractivity contribution is -0.125. The molecule has 0 saturated carbocycles. The number of piperidine rings is 1. The Morgan fingerprint density at radius 2 is 1.94 bits per heavy atom. The molecule has 1 N–H and O–H groups in total. The summed E-state index contributed by atoms with van der Waals surface area (Å²) in [4.78, 5) is 23.8. The van der Waals surface area contributed by atoms with Gasteiger partial charge in [0.05, 0.1) is 5.56 Å². The molecule has 0 spiro atoms. The largest absolute Gasteiger partial charge is 0.356 e. The quantitative estimate of drug-likeness (QED) is 0.648. The molecule has 2 aromatic heterocycles. The van der Waals surface area contributed by atoms with E-state index in [4.69, 9.17) is 4.52 Å². The van der Waals surface area contributed by atoms with Crippen LogP contribution in [0.1, 0.15) is 32.3 Å². The minimum atomic E-state index is 0.0544. The number of aromatic nitrogens is 3. The second-order valence-corrected chi connectivity index (χ2v) is 8.56. The minimum Gasteiger partial charge on any atom is -0.356 e. The lowest BCUT2D eigenvalue weighted by Crippen LogP contribution is -2.41. The molecule has 1 aliphatic heterocycles. The van der Waals surface area contributed by atoms with Crippen molar-refractivity contribution in [2.45, 2.75) is 33.6 Å². The number of pyridine rings is 1. The number of amides is 1. The molecule has 162 valence electrons. The van der Waals surface area contributed by atoms with Gasteiger partial charge < -0.3 is 14.7 Å². The zero-order chi connectivity index (χ0) is 21.8. The molecule has 0 atom stereocenters. The van der Waals surface area contributed by atoms with Crippen molar-refractivity contribution in [1.29, 1.82) is 0 Å². The van der Waals surface area contributed by atoms with Crippen molar-refractivity contribution in [2.24, 2.45) is 11.8 Å². The second kappa shape index (κ2) is 9.29. The first-order chi connectivity index (χ1) is 15.0. The fourth-order valence-electron chi connectivity index (χ4n) is 3.77. The van der Waals surface area contributed by atoms with Gasteiger partial charge in [-0.15, -0.1) is 0 Å². The summed E-state index contributed by atoms with van der Waals surface area (Å²) >= 11 is 0. The van der Waals surface area contributed by atoms with Crippen LogP contribution >= 0.6 is 0 Å². The van der Waals surface area contributed by atoms with Gasteiger partial charge in [0.25, 0.3) is 5.89 Å². The topological polar surface area (TPSA) is 84.2 Å². The third-order valence-electron chi connectivity index (χ3n) is 5.60. The number of nitrogens with zero attached hydrogens (tertiary/aromatic N) is 4. The van der Waals surface area contributed by atoms with E-state index in [1.807, 2.05) is 43.3 Å². The molecule has 0 bridgehead atoms. The Labute approximate surface area is 182 Å². The van der Waals surface area contributed by atoms with E-state index in [-0.39, 0.29) is 11.8 Å². The number of anilines is 1. The molecule has 1 aliphatic rings. The Hall–Kier alpha value is -3.22. The van der Waals surface area contributed by atoms with Gasteiger partial charge in [-0.1, -0.05) is 48.8 Å². The van der Waals surface area contributed by atoms with Crippen LogP contribution in [0, 0.1) is 18.8 Å². The summed E-state index contributed by atoms with van der Waals surface area (Å²) in [5.74, 6) is 2.51. The van der Waals surface area contributed by atoms with Gasteiger partial charge in [0, 0.05) is 37.3 Å². The molecular formula is C24H29N5O2. The van der Waals surface area contributed by atoms with Crippen molar-refractivity contribution in [1.82, 2.24) is 20.4 Å². The van der Waals surface area contributed by atoms with E-state index < -0.39 is 0 Å². The van der Waals surface area contributed by atoms with Crippen LogP contribution in [0.25, 0.3) is 22.8 Å². The zero-order valence-corrected chi connectivity index (χ0v) is 18.3. The lowest BCUT2D eigenvalue weighted by Gasteiger charge is -2.33. The third-order valence-corrected chi connectivity index (χ3v) is 5.60. The fourth-order valence-corrected chi connectivity index (χ4v) is 3.77. The summed E-state index contributed by atoms with van der Waals surface area (Å²) in [5, 5.41) is 7.22. The first-order valence-corrected chi connectivity index (χ1v) is 10.9. The molecule has 1 amide bonds. The van der Waals surface area contributed by atoms with E-state index in [0.29, 0.717) is 17.6 Å². The molecule has 7 heteroatoms. The van der Waals surface area contributed by atoms with Gasteiger partial charge in [-0.25, -0.2) is 4.98 Å². The highest BCUT2D eigenvalue weighted by Crippen LogP contribution is 2.32. The van der Waals surface area contributed by atoms with E-state index in [0.717, 1.165) is 49.4 Å². The highest BCUT2D eigenvalue weighted by Gasteiger charge is 2.27. The van der Waals surface area contributed by atoms with Crippen LogP contribution in [0.3, 0.4) is 0 Å². The summed E-state index contributed by atoms with van der Waals surface area (Å²) in [6.45, 7) is 8.51. The Balaban J connectivity index is 1.48. The molecule has 31 heavy (non-hydrogen) atoms. The van der Waals surface area contributed by atoms with Gasteiger partial charge in [0.2, 0.25) is 11.7 Å². The number of aryl methyl sites for hydroxylation is 1. The maximum atomic E-state index is 12.4. The highest BCUT2D eigenvalue weighted by molar-refractivity contribution is 5.79. The van der Waals surface area contributed by atoms with E-state index in [9.17, 15) is 4.79 Å². The number of hydrogen-bond acceptors (Lipinski definition) is 6. The van der Waals surface area contributed by atoms with Crippen molar-refractivity contribution >= 4 is 11.7 Å². The van der Waals surface area contributed by atoms with Gasteiger partial charge in [0.1, 0.15) is 5.82 Å². The van der Waals surface area contributed by atoms with Crippen molar-refractivity contribution in [3.05, 3.63) is 48.2 Å². The van der Waals surface area contributed by atoms with Crippen LogP contribution in [0.4, 0.5) is 5.82 Å². The van der Waals surface area contributed by atoms with E-state index in [1.165, 1.54) is 5.56 Å². The molecule has 0 unspecified atom stereocenters. The van der Waals surface area contributed by atoms with Crippen molar-refractivity contribution in [3.8, 4) is 22.8 Å². The van der Waals surface area contributed by atoms with Crippen LogP contribution < -0.4 is 10.2 Å². The molecule has 7 nitrogen and oxygen atoms in total. The smallest absolute Gasteiger partial charge is 0.261 e. The zero-order valence-electron chi connectivity index (χ0n) is 18.3. The van der Waals surface area contributed by atoms with E-state index >= 15 is 0 Å². The van der Waals surface area contributed by atoms with Crippen molar-refractivity contribution in [2.75, 3.05) is 24.5 Å². The monoisotopic (exact) mass is 419 g/mol. The van der Waals surface area contributed by atoms with Gasteiger partial charge in [-0.3, -0.25) is 4.79 Å². The van der Waals surface area contributed by atoms with Gasteiger partial charge in [-0.2, -0.15) is 4.98 Å². The Morgan fingerprint density at radius 1 is 1.19 bits per heavy atom. The molecule has 1 saturated heterocycles. The number of rotatable bonds is 6. The lowest BCUT2D eigenvalue weighted by atomic mass is 9.95. The maximum absolute atomic E-state index is 12.4. The van der Waals surface area contributed by atoms with Gasteiger partial charge in [-0.05, 0) is 37.8 Å². The van der Waals surface area contributed by atoms with Crippen LogP contribution in [-0.2, 0) is 4.79 Å². The van der Waals surface area contributed by atoms with E-state index in [1.54, 1.807) is 6.20 Å². The Morgan fingerprint density at radius 3 is 2.65 bits per heavy atom. The molecule has 3 heterocycles. The molecule has 0 radical (unpaired) electrons. The Bertz CT molecular complexity index is 1020. The standard InChI is InChI=1S/C24H29N5O2/c1-16(2)15-26-23(30)19-10-13-29(14-11-19)22-20(5-4-12-25-22)24-27-21(28-31-24)18-8-6-17(3)7-9-18/h4-9,12,16,19H,10-11,13-15H2,1-3H3,(H,26,30). The Kier molecular flexibility index (Phi) is 6.30. The molecule has 0 aliphatic carbocycles. The number of hydrogen-bond donors (Lipinski definition) is 1. The highest BCUT2D eigenvalue weighted by atomic mass is 16.5. The summed E-state index contributed by atoms with van der Waals surface area (Å²) in [6.07, 6.45) is 3.38. The number of carbonyl (C=O) groups is 1. The molecule has 4 rings (SSSR count). The van der Waals surface area contributed by atoms with Gasteiger partial charge >= 0.3 is 0 Å². The molecule has 1 aromatic carbocycles. The van der Waals surface area contributed by atoms with Crippen LogP contribution in [-0.4, -0.2) is 40.7 Å². The number of nitrogens with one attached hydrogen (secondary N) is 1. The first-order valence-electron chi connectivity index (χ1n) is 10.9. The average Bonchev–Trinajstić information content (AvgIpc) is 3.28. The summed E-state index contributed by atoms with van der Waals surface area (Å²) in [6, 6.07) is 11.9. The summed E-state index contributed by atoms with van der Waals surface area (Å²) < 4.78 is 5.59. The second-order valence-electron chi connectivity index (χ2n) is 8.56.